The van der Waals surface area contributed by atoms with Crippen molar-refractivity contribution in [3.8, 4) is 0 Å². The number of hydrogen-bond acceptors (Lipinski definition) is 5. The van der Waals surface area contributed by atoms with E-state index in [1.54, 1.807) is 6.07 Å². The fourth-order valence-electron chi connectivity index (χ4n) is 1.32. The number of carbonyl (C=O) groups is 2. The van der Waals surface area contributed by atoms with Gasteiger partial charge in [-0.1, -0.05) is 13.8 Å². The van der Waals surface area contributed by atoms with Gasteiger partial charge >= 0.3 is 11.9 Å². The number of rotatable bonds is 5. The summed E-state index contributed by atoms with van der Waals surface area (Å²) >= 11 is 1.20. The fourth-order valence-corrected chi connectivity index (χ4v) is 2.30. The highest BCUT2D eigenvalue weighted by Crippen LogP contribution is 2.28. The molecule has 1 heterocycles. The summed E-state index contributed by atoms with van der Waals surface area (Å²) in [5.41, 5.74) is 0.176. The number of aliphatic carboxylic acids is 1. The number of hydrogen-bond donors (Lipinski definition) is 1. The van der Waals surface area contributed by atoms with Crippen molar-refractivity contribution in [2.75, 3.05) is 7.11 Å². The highest BCUT2D eigenvalue weighted by molar-refractivity contribution is 8.00. The van der Waals surface area contributed by atoms with Gasteiger partial charge in [-0.2, -0.15) is 0 Å². The Morgan fingerprint density at radius 2 is 2.11 bits per heavy atom. The third kappa shape index (κ3) is 3.73. The molecular formula is C12H15NO4S. The van der Waals surface area contributed by atoms with Gasteiger partial charge < -0.3 is 9.84 Å². The lowest BCUT2D eigenvalue weighted by Gasteiger charge is -2.15. The van der Waals surface area contributed by atoms with Crippen molar-refractivity contribution in [3.63, 3.8) is 0 Å². The molecule has 5 nitrogen and oxygen atoms in total. The molecule has 0 spiro atoms. The van der Waals surface area contributed by atoms with Crippen molar-refractivity contribution >= 4 is 23.7 Å². The SMILES string of the molecule is COC(=O)c1cc(SC(C(=O)O)C(C)C)ccn1. The predicted octanol–water partition coefficient (Wildman–Crippen LogP) is 2.07. The second kappa shape index (κ2) is 6.39. The summed E-state index contributed by atoms with van der Waals surface area (Å²) in [5.74, 6) is -1.41. The van der Waals surface area contributed by atoms with Crippen LogP contribution < -0.4 is 0 Å². The van der Waals surface area contributed by atoms with Crippen molar-refractivity contribution in [2.45, 2.75) is 24.0 Å². The summed E-state index contributed by atoms with van der Waals surface area (Å²) in [6, 6.07) is 3.21. The summed E-state index contributed by atoms with van der Waals surface area (Å²) in [6.45, 7) is 3.68. The third-order valence-electron chi connectivity index (χ3n) is 2.24. The summed E-state index contributed by atoms with van der Waals surface area (Å²) < 4.78 is 4.56. The summed E-state index contributed by atoms with van der Waals surface area (Å²) in [4.78, 5) is 27.0. The number of carboxylic acid groups (broad SMARTS) is 1. The second-order valence-electron chi connectivity index (χ2n) is 3.99. The van der Waals surface area contributed by atoms with Crippen molar-refractivity contribution in [3.05, 3.63) is 24.0 Å². The zero-order chi connectivity index (χ0) is 13.7. The molecule has 0 aromatic carbocycles. The van der Waals surface area contributed by atoms with E-state index in [1.807, 2.05) is 13.8 Å². The molecule has 0 amide bonds. The van der Waals surface area contributed by atoms with E-state index in [0.717, 1.165) is 0 Å². The van der Waals surface area contributed by atoms with Gasteiger partial charge in [0.15, 0.2) is 0 Å². The third-order valence-corrected chi connectivity index (χ3v) is 3.76. The first-order chi connectivity index (χ1) is 8.45. The van der Waals surface area contributed by atoms with E-state index < -0.39 is 17.2 Å². The van der Waals surface area contributed by atoms with Crippen LogP contribution in [0.5, 0.6) is 0 Å². The van der Waals surface area contributed by atoms with Crippen LogP contribution >= 0.6 is 11.8 Å². The monoisotopic (exact) mass is 269 g/mol. The number of aromatic nitrogens is 1. The van der Waals surface area contributed by atoms with Crippen LogP contribution in [-0.4, -0.2) is 34.4 Å². The maximum atomic E-state index is 11.3. The van der Waals surface area contributed by atoms with Gasteiger partial charge in [-0.15, -0.1) is 11.8 Å². The van der Waals surface area contributed by atoms with E-state index in [-0.39, 0.29) is 11.6 Å². The fraction of sp³-hybridized carbons (Fsp3) is 0.417. The topological polar surface area (TPSA) is 76.5 Å². The Morgan fingerprint density at radius 3 is 2.61 bits per heavy atom. The number of carbonyl (C=O) groups excluding carboxylic acids is 1. The van der Waals surface area contributed by atoms with E-state index in [4.69, 9.17) is 5.11 Å². The predicted molar refractivity (Wildman–Crippen MR) is 67.7 cm³/mol. The van der Waals surface area contributed by atoms with Gasteiger partial charge in [0.1, 0.15) is 10.9 Å². The molecule has 18 heavy (non-hydrogen) atoms. The molecular weight excluding hydrogens is 254 g/mol. The molecule has 1 aromatic heterocycles. The van der Waals surface area contributed by atoms with Gasteiger partial charge in [0.2, 0.25) is 0 Å². The van der Waals surface area contributed by atoms with Crippen molar-refractivity contribution < 1.29 is 19.4 Å². The number of carboxylic acids is 1. The number of thioether (sulfide) groups is 1. The highest BCUT2D eigenvalue weighted by atomic mass is 32.2. The minimum atomic E-state index is -0.869. The van der Waals surface area contributed by atoms with Gasteiger partial charge in [0.25, 0.3) is 0 Å². The van der Waals surface area contributed by atoms with E-state index >= 15 is 0 Å². The maximum Gasteiger partial charge on any atom is 0.356 e. The van der Waals surface area contributed by atoms with E-state index in [1.165, 1.54) is 31.1 Å². The van der Waals surface area contributed by atoms with Crippen molar-refractivity contribution in [1.29, 1.82) is 0 Å². The van der Waals surface area contributed by atoms with Crippen LogP contribution in [0.15, 0.2) is 23.2 Å². The standard InChI is InChI=1S/C12H15NO4S/c1-7(2)10(11(14)15)18-8-4-5-13-9(6-8)12(16)17-3/h4-7,10H,1-3H3,(H,14,15). The molecule has 98 valence electrons. The first-order valence-corrected chi connectivity index (χ1v) is 6.27. The first-order valence-electron chi connectivity index (χ1n) is 5.39. The number of methoxy groups -OCH3 is 1. The molecule has 1 atom stereocenters. The molecule has 0 fully saturated rings. The summed E-state index contributed by atoms with van der Waals surface area (Å²) in [6.07, 6.45) is 1.47. The lowest BCUT2D eigenvalue weighted by molar-refractivity contribution is -0.137. The molecule has 0 radical (unpaired) electrons. The largest absolute Gasteiger partial charge is 0.480 e. The van der Waals surface area contributed by atoms with Gasteiger partial charge in [-0.3, -0.25) is 4.79 Å². The minimum absolute atomic E-state index is 0.0118. The molecule has 0 aliphatic rings. The maximum absolute atomic E-state index is 11.3. The van der Waals surface area contributed by atoms with Gasteiger partial charge in [0, 0.05) is 11.1 Å². The number of nitrogens with zero attached hydrogens (tertiary/aromatic N) is 1. The molecule has 1 unspecified atom stereocenters. The molecule has 6 heteroatoms. The van der Waals surface area contributed by atoms with E-state index in [9.17, 15) is 9.59 Å². The number of ether oxygens (including phenoxy) is 1. The Hall–Kier alpha value is -1.56. The summed E-state index contributed by atoms with van der Waals surface area (Å²) in [5, 5.41) is 8.54. The van der Waals surface area contributed by atoms with Crippen LogP contribution in [-0.2, 0) is 9.53 Å². The van der Waals surface area contributed by atoms with Gasteiger partial charge in [-0.05, 0) is 18.1 Å². The lowest BCUT2D eigenvalue weighted by Crippen LogP contribution is -2.22. The van der Waals surface area contributed by atoms with Crippen LogP contribution in [0, 0.1) is 5.92 Å². The molecule has 0 aliphatic heterocycles. The van der Waals surface area contributed by atoms with Crippen LogP contribution in [0.1, 0.15) is 24.3 Å². The van der Waals surface area contributed by atoms with Crippen LogP contribution in [0.3, 0.4) is 0 Å². The Bertz CT molecular complexity index is 447. The van der Waals surface area contributed by atoms with E-state index in [0.29, 0.717) is 4.90 Å². The quantitative estimate of drug-likeness (QED) is 0.651. The van der Waals surface area contributed by atoms with Crippen molar-refractivity contribution in [1.82, 2.24) is 4.98 Å². The van der Waals surface area contributed by atoms with Crippen LogP contribution in [0.2, 0.25) is 0 Å². The molecule has 1 rings (SSSR count). The Kier molecular flexibility index (Phi) is 5.15. The Balaban J connectivity index is 2.90. The zero-order valence-electron chi connectivity index (χ0n) is 10.4. The normalized spacial score (nSPS) is 12.2. The molecule has 1 N–H and O–H groups in total. The second-order valence-corrected chi connectivity index (χ2v) is 5.20. The molecule has 1 aromatic rings. The molecule has 0 saturated carbocycles. The minimum Gasteiger partial charge on any atom is -0.480 e. The van der Waals surface area contributed by atoms with Crippen molar-refractivity contribution in [2.24, 2.45) is 5.92 Å². The Labute approximate surface area is 110 Å². The number of pyridine rings is 1. The average Bonchev–Trinajstić information content (AvgIpc) is 2.34. The molecule has 0 bridgehead atoms. The van der Waals surface area contributed by atoms with Gasteiger partial charge in [0.05, 0.1) is 7.11 Å². The zero-order valence-corrected chi connectivity index (χ0v) is 11.2. The molecule has 0 saturated heterocycles. The molecule has 0 aliphatic carbocycles. The highest BCUT2D eigenvalue weighted by Gasteiger charge is 2.23. The van der Waals surface area contributed by atoms with Gasteiger partial charge in [-0.25, -0.2) is 9.78 Å². The summed E-state index contributed by atoms with van der Waals surface area (Å²) in [7, 11) is 1.28. The Morgan fingerprint density at radius 1 is 1.44 bits per heavy atom. The van der Waals surface area contributed by atoms with Crippen LogP contribution in [0.4, 0.5) is 0 Å². The lowest BCUT2D eigenvalue weighted by atomic mass is 10.1. The first kappa shape index (κ1) is 14.5. The number of esters is 1. The van der Waals surface area contributed by atoms with Crippen LogP contribution in [0.25, 0.3) is 0 Å². The average molecular weight is 269 g/mol. The van der Waals surface area contributed by atoms with E-state index in [2.05, 4.69) is 9.72 Å². The smallest absolute Gasteiger partial charge is 0.356 e.